The van der Waals surface area contributed by atoms with Gasteiger partial charge in [0.05, 0.1) is 25.0 Å². The Morgan fingerprint density at radius 3 is 2.53 bits per heavy atom. The number of carbonyl (C=O) groups excluding carboxylic acids is 1. The highest BCUT2D eigenvalue weighted by Crippen LogP contribution is 2.34. The van der Waals surface area contributed by atoms with Crippen LogP contribution in [0.1, 0.15) is 42.2 Å². The minimum atomic E-state index is -1.20. The van der Waals surface area contributed by atoms with Gasteiger partial charge in [-0.3, -0.25) is 4.79 Å². The lowest BCUT2D eigenvalue weighted by Crippen LogP contribution is -2.55. The van der Waals surface area contributed by atoms with E-state index in [2.05, 4.69) is 30.0 Å². The van der Waals surface area contributed by atoms with E-state index in [0.717, 1.165) is 24.8 Å². The normalized spacial score (nSPS) is 20.9. The number of carbonyl (C=O) groups is 1. The van der Waals surface area contributed by atoms with Crippen LogP contribution >= 0.6 is 0 Å². The lowest BCUT2D eigenvalue weighted by molar-refractivity contribution is 0.0480. The minimum Gasteiger partial charge on any atom is -0.338 e. The van der Waals surface area contributed by atoms with Crippen LogP contribution in [0.4, 0.5) is 10.3 Å². The van der Waals surface area contributed by atoms with Gasteiger partial charge in [-0.15, -0.1) is 0 Å². The topological polar surface area (TPSA) is 106 Å². The van der Waals surface area contributed by atoms with Crippen LogP contribution in [-0.2, 0) is 6.42 Å². The van der Waals surface area contributed by atoms with E-state index in [-0.39, 0.29) is 24.2 Å². The van der Waals surface area contributed by atoms with Crippen molar-refractivity contribution in [3.63, 3.8) is 0 Å². The van der Waals surface area contributed by atoms with Crippen molar-refractivity contribution in [3.05, 3.63) is 48.7 Å². The number of halogens is 1. The van der Waals surface area contributed by atoms with Gasteiger partial charge in [-0.1, -0.05) is 6.92 Å². The SMILES string of the molecule is CCc1cnc(N2CCC(N(C(=O)c3cnc(-n4cncn4)cn3)C3CC3)C(F)C2)nc1. The molecule has 0 bridgehead atoms. The van der Waals surface area contributed by atoms with Gasteiger partial charge in [0.15, 0.2) is 5.82 Å². The minimum absolute atomic E-state index is 0.0502. The highest BCUT2D eigenvalue weighted by Gasteiger charge is 2.44. The zero-order chi connectivity index (χ0) is 22.1. The van der Waals surface area contributed by atoms with Gasteiger partial charge in [0.1, 0.15) is 24.5 Å². The number of nitrogens with zero attached hydrogens (tertiary/aromatic N) is 9. The van der Waals surface area contributed by atoms with Crippen molar-refractivity contribution in [1.29, 1.82) is 0 Å². The Balaban J connectivity index is 1.30. The summed E-state index contributed by atoms with van der Waals surface area (Å²) in [6.45, 7) is 2.78. The summed E-state index contributed by atoms with van der Waals surface area (Å²) < 4.78 is 16.8. The van der Waals surface area contributed by atoms with Gasteiger partial charge in [0, 0.05) is 25.0 Å². The molecule has 4 heterocycles. The molecule has 5 rings (SSSR count). The Hall–Kier alpha value is -3.50. The van der Waals surface area contributed by atoms with Gasteiger partial charge in [-0.25, -0.2) is 34.0 Å². The molecule has 1 aliphatic heterocycles. The summed E-state index contributed by atoms with van der Waals surface area (Å²) in [7, 11) is 0. The summed E-state index contributed by atoms with van der Waals surface area (Å²) in [5.41, 5.74) is 1.25. The van der Waals surface area contributed by atoms with Gasteiger partial charge in [-0.2, -0.15) is 5.10 Å². The van der Waals surface area contributed by atoms with Crippen LogP contribution in [0.5, 0.6) is 0 Å². The Kier molecular flexibility index (Phi) is 5.46. The molecule has 2 aliphatic rings. The molecule has 2 atom stereocenters. The van der Waals surface area contributed by atoms with Gasteiger partial charge in [0.2, 0.25) is 5.95 Å². The molecule has 1 amide bonds. The monoisotopic (exact) mass is 437 g/mol. The molecule has 2 unspecified atom stereocenters. The number of alkyl halides is 1. The number of piperidine rings is 1. The summed E-state index contributed by atoms with van der Waals surface area (Å²) in [6, 6.07) is -0.452. The van der Waals surface area contributed by atoms with E-state index in [9.17, 15) is 4.79 Å². The van der Waals surface area contributed by atoms with Crippen molar-refractivity contribution in [2.75, 3.05) is 18.0 Å². The Morgan fingerprint density at radius 1 is 1.12 bits per heavy atom. The smallest absolute Gasteiger partial charge is 0.274 e. The maximum Gasteiger partial charge on any atom is 0.274 e. The fourth-order valence-corrected chi connectivity index (χ4v) is 4.03. The number of amides is 1. The Labute approximate surface area is 184 Å². The van der Waals surface area contributed by atoms with Crippen LogP contribution in [0, 0.1) is 0 Å². The third kappa shape index (κ3) is 4.02. The highest BCUT2D eigenvalue weighted by molar-refractivity contribution is 5.92. The van der Waals surface area contributed by atoms with E-state index >= 15 is 4.39 Å². The van der Waals surface area contributed by atoms with Crippen molar-refractivity contribution >= 4 is 11.9 Å². The number of hydrogen-bond acceptors (Lipinski definition) is 8. The average molecular weight is 437 g/mol. The van der Waals surface area contributed by atoms with Gasteiger partial charge in [-0.05, 0) is 31.2 Å². The number of aryl methyl sites for hydroxylation is 1. The summed E-state index contributed by atoms with van der Waals surface area (Å²) >= 11 is 0. The fourth-order valence-electron chi connectivity index (χ4n) is 4.03. The van der Waals surface area contributed by atoms with Crippen molar-refractivity contribution in [1.82, 2.24) is 39.6 Å². The predicted octanol–water partition coefficient (Wildman–Crippen LogP) is 1.63. The van der Waals surface area contributed by atoms with Crippen molar-refractivity contribution in [2.45, 2.75) is 50.9 Å². The molecule has 0 radical (unpaired) electrons. The van der Waals surface area contributed by atoms with E-state index in [0.29, 0.717) is 24.7 Å². The first-order chi connectivity index (χ1) is 15.6. The number of rotatable bonds is 6. The highest BCUT2D eigenvalue weighted by atomic mass is 19.1. The summed E-state index contributed by atoms with van der Waals surface area (Å²) in [5, 5.41) is 4.00. The van der Waals surface area contributed by atoms with E-state index in [4.69, 9.17) is 0 Å². The van der Waals surface area contributed by atoms with Crippen molar-refractivity contribution < 1.29 is 9.18 Å². The first kappa shape index (κ1) is 20.4. The molecule has 166 valence electrons. The number of hydrogen-bond donors (Lipinski definition) is 0. The molecule has 1 saturated heterocycles. The van der Waals surface area contributed by atoms with Gasteiger partial charge < -0.3 is 9.80 Å². The molecule has 11 heteroatoms. The largest absolute Gasteiger partial charge is 0.338 e. The maximum absolute atomic E-state index is 15.3. The third-order valence-electron chi connectivity index (χ3n) is 5.93. The summed E-state index contributed by atoms with van der Waals surface area (Å²) in [6.07, 6.45) is 11.3. The van der Waals surface area contributed by atoms with E-state index < -0.39 is 12.2 Å². The van der Waals surface area contributed by atoms with Crippen molar-refractivity contribution in [3.8, 4) is 5.82 Å². The molecule has 0 aromatic carbocycles. The second-order valence-electron chi connectivity index (χ2n) is 8.11. The summed E-state index contributed by atoms with van der Waals surface area (Å²) in [4.78, 5) is 38.0. The maximum atomic E-state index is 15.3. The molecule has 2 fully saturated rings. The molecule has 32 heavy (non-hydrogen) atoms. The van der Waals surface area contributed by atoms with Crippen LogP contribution in [0.3, 0.4) is 0 Å². The van der Waals surface area contributed by atoms with Crippen molar-refractivity contribution in [2.24, 2.45) is 0 Å². The van der Waals surface area contributed by atoms with Crippen LogP contribution in [-0.4, -0.2) is 76.9 Å². The Bertz CT molecular complexity index is 1050. The third-order valence-corrected chi connectivity index (χ3v) is 5.93. The number of aromatic nitrogens is 7. The van der Waals surface area contributed by atoms with E-state index in [1.54, 1.807) is 17.3 Å². The second kappa shape index (κ2) is 8.56. The average Bonchev–Trinajstić information content (AvgIpc) is 3.51. The molecule has 1 saturated carbocycles. The fraction of sp³-hybridized carbons (Fsp3) is 0.476. The molecule has 3 aromatic rings. The molecule has 0 N–H and O–H groups in total. The lowest BCUT2D eigenvalue weighted by Gasteiger charge is -2.40. The molecule has 0 spiro atoms. The molecular formula is C21H24FN9O. The zero-order valence-electron chi connectivity index (χ0n) is 17.7. The number of anilines is 1. The summed E-state index contributed by atoms with van der Waals surface area (Å²) in [5.74, 6) is 0.708. The van der Waals surface area contributed by atoms with Gasteiger partial charge in [0.25, 0.3) is 5.91 Å². The van der Waals surface area contributed by atoms with E-state index in [1.165, 1.54) is 29.7 Å². The predicted molar refractivity (Wildman–Crippen MR) is 113 cm³/mol. The molecule has 1 aliphatic carbocycles. The van der Waals surface area contributed by atoms with Crippen LogP contribution < -0.4 is 4.90 Å². The quantitative estimate of drug-likeness (QED) is 0.573. The van der Waals surface area contributed by atoms with Gasteiger partial charge >= 0.3 is 0 Å². The van der Waals surface area contributed by atoms with E-state index in [1.807, 2.05) is 11.8 Å². The Morgan fingerprint density at radius 2 is 1.94 bits per heavy atom. The molecule has 10 nitrogen and oxygen atoms in total. The van der Waals surface area contributed by atoms with Crippen LogP contribution in [0.15, 0.2) is 37.4 Å². The standard InChI is InChI=1S/C21H24FN9O/c1-2-14-7-26-21(27-8-14)29-6-5-18(16(22)11-29)31(15-3-4-15)20(32)17-9-25-19(10-24-17)30-13-23-12-28-30/h7-10,12-13,15-16,18H,2-6,11H2,1H3. The molecular weight excluding hydrogens is 413 g/mol. The lowest BCUT2D eigenvalue weighted by atomic mass is 10.0. The first-order valence-electron chi connectivity index (χ1n) is 10.8. The second-order valence-corrected chi connectivity index (χ2v) is 8.11. The first-order valence-corrected chi connectivity index (χ1v) is 10.8. The van der Waals surface area contributed by atoms with Crippen LogP contribution in [0.25, 0.3) is 5.82 Å². The molecule has 3 aromatic heterocycles. The zero-order valence-corrected chi connectivity index (χ0v) is 17.7. The van der Waals surface area contributed by atoms with Crippen LogP contribution in [0.2, 0.25) is 0 Å².